The number of hydrogen-bond donors (Lipinski definition) is 2. The first-order chi connectivity index (χ1) is 10.2. The number of furan rings is 1. The molecule has 0 spiro atoms. The molecule has 1 fully saturated rings. The van der Waals surface area contributed by atoms with Gasteiger partial charge in [0, 0.05) is 37.3 Å². The molecule has 0 atom stereocenters. The van der Waals surface area contributed by atoms with E-state index >= 15 is 0 Å². The number of rotatable bonds is 4. The largest absolute Gasteiger partial charge is 0.451 e. The summed E-state index contributed by atoms with van der Waals surface area (Å²) in [4.78, 5) is 14.3. The van der Waals surface area contributed by atoms with E-state index in [4.69, 9.17) is 14.9 Å². The Morgan fingerprint density at radius 2 is 2.10 bits per heavy atom. The highest BCUT2D eigenvalue weighted by Gasteiger charge is 2.14. The Kier molecular flexibility index (Phi) is 4.08. The predicted molar refractivity (Wildman–Crippen MR) is 80.2 cm³/mol. The molecule has 1 aromatic carbocycles. The molecule has 0 bridgehead atoms. The molecule has 1 aliphatic heterocycles. The van der Waals surface area contributed by atoms with Gasteiger partial charge >= 0.3 is 0 Å². The van der Waals surface area contributed by atoms with Crippen molar-refractivity contribution in [3.05, 3.63) is 30.0 Å². The lowest BCUT2D eigenvalue weighted by atomic mass is 10.2. The van der Waals surface area contributed by atoms with Gasteiger partial charge in [-0.2, -0.15) is 0 Å². The summed E-state index contributed by atoms with van der Waals surface area (Å²) in [6.45, 7) is 4.78. The maximum atomic E-state index is 12.1. The van der Waals surface area contributed by atoms with Crippen LogP contribution in [0.2, 0.25) is 0 Å². The fraction of sp³-hybridized carbons (Fsp3) is 0.400. The number of fused-ring (bicyclic) bond motifs is 1. The van der Waals surface area contributed by atoms with Crippen LogP contribution in [0.5, 0.6) is 0 Å². The van der Waals surface area contributed by atoms with Gasteiger partial charge in [0.1, 0.15) is 5.58 Å². The number of carbonyl (C=O) groups is 1. The van der Waals surface area contributed by atoms with Crippen molar-refractivity contribution in [1.82, 2.24) is 10.2 Å². The van der Waals surface area contributed by atoms with Crippen LogP contribution in [0.15, 0.2) is 28.7 Å². The quantitative estimate of drug-likeness (QED) is 0.823. The first kappa shape index (κ1) is 13.9. The van der Waals surface area contributed by atoms with Gasteiger partial charge in [0.15, 0.2) is 5.76 Å². The Balaban J connectivity index is 1.56. The lowest BCUT2D eigenvalue weighted by Crippen LogP contribution is -2.41. The predicted octanol–water partition coefficient (Wildman–Crippen LogP) is 1.08. The monoisotopic (exact) mass is 289 g/mol. The van der Waals surface area contributed by atoms with E-state index in [1.165, 1.54) is 0 Å². The fourth-order valence-electron chi connectivity index (χ4n) is 2.41. The number of amides is 1. The normalized spacial score (nSPS) is 16.2. The van der Waals surface area contributed by atoms with Crippen molar-refractivity contribution >= 4 is 22.6 Å². The minimum atomic E-state index is -0.196. The molecule has 1 saturated heterocycles. The Bertz CT molecular complexity index is 632. The summed E-state index contributed by atoms with van der Waals surface area (Å²) in [6, 6.07) is 7.04. The van der Waals surface area contributed by atoms with E-state index in [2.05, 4.69) is 10.2 Å². The van der Waals surface area contributed by atoms with E-state index in [1.807, 2.05) is 0 Å². The molecule has 1 amide bonds. The first-order valence-electron chi connectivity index (χ1n) is 7.10. The second-order valence-corrected chi connectivity index (χ2v) is 5.12. The van der Waals surface area contributed by atoms with Gasteiger partial charge in [-0.3, -0.25) is 9.69 Å². The summed E-state index contributed by atoms with van der Waals surface area (Å²) in [7, 11) is 0. The molecule has 0 unspecified atom stereocenters. The molecular formula is C15H19N3O3. The van der Waals surface area contributed by atoms with Crippen LogP contribution in [0.1, 0.15) is 10.6 Å². The maximum absolute atomic E-state index is 12.1. The second kappa shape index (κ2) is 6.15. The van der Waals surface area contributed by atoms with E-state index in [9.17, 15) is 4.79 Å². The van der Waals surface area contributed by atoms with Crippen LogP contribution in [0.25, 0.3) is 11.0 Å². The van der Waals surface area contributed by atoms with Gasteiger partial charge in [-0.05, 0) is 24.3 Å². The third-order valence-corrected chi connectivity index (χ3v) is 3.58. The summed E-state index contributed by atoms with van der Waals surface area (Å²) < 4.78 is 10.8. The van der Waals surface area contributed by atoms with E-state index < -0.39 is 0 Å². The van der Waals surface area contributed by atoms with Crippen molar-refractivity contribution in [3.8, 4) is 0 Å². The van der Waals surface area contributed by atoms with E-state index in [-0.39, 0.29) is 5.91 Å². The van der Waals surface area contributed by atoms with E-state index in [0.717, 1.165) is 38.2 Å². The number of nitrogens with one attached hydrogen (secondary N) is 1. The molecule has 2 aromatic rings. The molecule has 21 heavy (non-hydrogen) atoms. The van der Waals surface area contributed by atoms with Gasteiger partial charge in [-0.15, -0.1) is 0 Å². The zero-order valence-electron chi connectivity index (χ0n) is 11.8. The number of carbonyl (C=O) groups excluding carboxylic acids is 1. The Labute approximate surface area is 122 Å². The number of nitrogens with two attached hydrogens (primary N) is 1. The molecule has 0 aliphatic carbocycles. The van der Waals surface area contributed by atoms with E-state index in [0.29, 0.717) is 23.6 Å². The van der Waals surface area contributed by atoms with Gasteiger partial charge in [-0.25, -0.2) is 0 Å². The topological polar surface area (TPSA) is 80.7 Å². The van der Waals surface area contributed by atoms with Crippen molar-refractivity contribution in [1.29, 1.82) is 0 Å². The lowest BCUT2D eigenvalue weighted by molar-refractivity contribution is 0.0382. The molecule has 1 aromatic heterocycles. The minimum absolute atomic E-state index is 0.196. The summed E-state index contributed by atoms with van der Waals surface area (Å²) in [5.74, 6) is 0.121. The van der Waals surface area contributed by atoms with Gasteiger partial charge in [0.2, 0.25) is 0 Å². The number of benzene rings is 1. The van der Waals surface area contributed by atoms with Crippen molar-refractivity contribution in [3.63, 3.8) is 0 Å². The molecule has 0 saturated carbocycles. The van der Waals surface area contributed by atoms with Gasteiger partial charge < -0.3 is 20.2 Å². The molecule has 3 N–H and O–H groups in total. The average molecular weight is 289 g/mol. The highest BCUT2D eigenvalue weighted by atomic mass is 16.5. The summed E-state index contributed by atoms with van der Waals surface area (Å²) in [5.41, 5.74) is 7.04. The summed E-state index contributed by atoms with van der Waals surface area (Å²) in [6.07, 6.45) is 0. The Hall–Kier alpha value is -2.05. The SMILES string of the molecule is Nc1ccc2oc(C(=O)NCCN3CCOCC3)cc2c1. The number of hydrogen-bond acceptors (Lipinski definition) is 5. The van der Waals surface area contributed by atoms with Crippen molar-refractivity contribution < 1.29 is 13.9 Å². The number of nitrogen functional groups attached to an aromatic ring is 1. The van der Waals surface area contributed by atoms with Crippen LogP contribution in [-0.4, -0.2) is 50.2 Å². The smallest absolute Gasteiger partial charge is 0.287 e. The molecule has 6 heteroatoms. The highest BCUT2D eigenvalue weighted by Crippen LogP contribution is 2.21. The molecular weight excluding hydrogens is 270 g/mol. The number of nitrogens with zero attached hydrogens (tertiary/aromatic N) is 1. The Morgan fingerprint density at radius 3 is 2.90 bits per heavy atom. The maximum Gasteiger partial charge on any atom is 0.287 e. The number of morpholine rings is 1. The lowest BCUT2D eigenvalue weighted by Gasteiger charge is -2.26. The van der Waals surface area contributed by atoms with Crippen LogP contribution >= 0.6 is 0 Å². The minimum Gasteiger partial charge on any atom is -0.451 e. The van der Waals surface area contributed by atoms with Gasteiger partial charge in [0.05, 0.1) is 13.2 Å². The van der Waals surface area contributed by atoms with Crippen LogP contribution < -0.4 is 11.1 Å². The zero-order valence-corrected chi connectivity index (χ0v) is 11.8. The third kappa shape index (κ3) is 3.34. The molecule has 3 rings (SSSR count). The molecule has 0 radical (unpaired) electrons. The number of ether oxygens (including phenoxy) is 1. The summed E-state index contributed by atoms with van der Waals surface area (Å²) >= 11 is 0. The van der Waals surface area contributed by atoms with Crippen LogP contribution in [-0.2, 0) is 4.74 Å². The van der Waals surface area contributed by atoms with Crippen LogP contribution in [0.3, 0.4) is 0 Å². The second-order valence-electron chi connectivity index (χ2n) is 5.12. The standard InChI is InChI=1S/C15H19N3O3/c16-12-1-2-13-11(9-12)10-14(21-13)15(19)17-3-4-18-5-7-20-8-6-18/h1-2,9-10H,3-8,16H2,(H,17,19). The zero-order chi connectivity index (χ0) is 14.7. The first-order valence-corrected chi connectivity index (χ1v) is 7.10. The molecule has 6 nitrogen and oxygen atoms in total. The van der Waals surface area contributed by atoms with Gasteiger partial charge in [0.25, 0.3) is 5.91 Å². The molecule has 1 aliphatic rings. The van der Waals surface area contributed by atoms with Crippen molar-refractivity contribution in [2.45, 2.75) is 0 Å². The summed E-state index contributed by atoms with van der Waals surface area (Å²) in [5, 5.41) is 3.72. The van der Waals surface area contributed by atoms with Crippen molar-refractivity contribution in [2.24, 2.45) is 0 Å². The number of anilines is 1. The van der Waals surface area contributed by atoms with Crippen LogP contribution in [0.4, 0.5) is 5.69 Å². The van der Waals surface area contributed by atoms with Crippen LogP contribution in [0, 0.1) is 0 Å². The average Bonchev–Trinajstić information content (AvgIpc) is 2.91. The highest BCUT2D eigenvalue weighted by molar-refractivity contribution is 5.96. The van der Waals surface area contributed by atoms with Crippen molar-refractivity contribution in [2.75, 3.05) is 45.1 Å². The Morgan fingerprint density at radius 1 is 1.29 bits per heavy atom. The third-order valence-electron chi connectivity index (χ3n) is 3.58. The van der Waals surface area contributed by atoms with Gasteiger partial charge in [-0.1, -0.05) is 0 Å². The molecule has 2 heterocycles. The van der Waals surface area contributed by atoms with E-state index in [1.54, 1.807) is 24.3 Å². The molecule has 112 valence electrons. The fourth-order valence-corrected chi connectivity index (χ4v) is 2.41.